The second-order valence-corrected chi connectivity index (χ2v) is 5.90. The third kappa shape index (κ3) is 2.99. The molecule has 6 heteroatoms. The second-order valence-electron chi connectivity index (χ2n) is 5.90. The molecular weight excluding hydrogens is 302 g/mol. The Labute approximate surface area is 133 Å². The molecule has 0 aliphatic carbocycles. The van der Waals surface area contributed by atoms with Crippen molar-refractivity contribution >= 4 is 5.91 Å². The molecule has 1 aromatic heterocycles. The Morgan fingerprint density at radius 1 is 1.30 bits per heavy atom. The summed E-state index contributed by atoms with van der Waals surface area (Å²) in [6, 6.07) is 5.20. The zero-order valence-electron chi connectivity index (χ0n) is 13.0. The van der Waals surface area contributed by atoms with Gasteiger partial charge in [0.1, 0.15) is 0 Å². The first-order valence-corrected chi connectivity index (χ1v) is 7.47. The average molecular weight is 320 g/mol. The summed E-state index contributed by atoms with van der Waals surface area (Å²) < 4.78 is 31.9. The highest BCUT2D eigenvalue weighted by atomic mass is 19.2. The van der Waals surface area contributed by atoms with Gasteiger partial charge in [0, 0.05) is 12.1 Å². The monoisotopic (exact) mass is 320 g/mol. The molecule has 1 amide bonds. The maximum atomic E-state index is 13.5. The summed E-state index contributed by atoms with van der Waals surface area (Å²) in [5.74, 6) is -1.76. The SMILES string of the molecule is Cc1ccoc1C(=O)N[C@H]1CCN(C)[C@H]1c1ccc(F)c(F)c1. The summed E-state index contributed by atoms with van der Waals surface area (Å²) in [5.41, 5.74) is 1.41. The van der Waals surface area contributed by atoms with Gasteiger partial charge in [-0.2, -0.15) is 0 Å². The van der Waals surface area contributed by atoms with Crippen molar-refractivity contribution in [3.8, 4) is 0 Å². The maximum absolute atomic E-state index is 13.5. The van der Waals surface area contributed by atoms with Gasteiger partial charge >= 0.3 is 0 Å². The number of aryl methyl sites for hydroxylation is 1. The molecule has 1 fully saturated rings. The predicted molar refractivity (Wildman–Crippen MR) is 81.0 cm³/mol. The van der Waals surface area contributed by atoms with Gasteiger partial charge in [-0.3, -0.25) is 9.69 Å². The molecule has 2 aromatic rings. The van der Waals surface area contributed by atoms with E-state index in [0.717, 1.165) is 24.6 Å². The van der Waals surface area contributed by atoms with Crippen LogP contribution in [-0.4, -0.2) is 30.4 Å². The van der Waals surface area contributed by atoms with Crippen LogP contribution >= 0.6 is 0 Å². The number of carbonyl (C=O) groups excluding carboxylic acids is 1. The van der Waals surface area contributed by atoms with Crippen molar-refractivity contribution in [2.24, 2.45) is 0 Å². The molecule has 23 heavy (non-hydrogen) atoms. The zero-order chi connectivity index (χ0) is 16.6. The van der Waals surface area contributed by atoms with Crippen LogP contribution in [0.25, 0.3) is 0 Å². The van der Waals surface area contributed by atoms with E-state index < -0.39 is 11.6 Å². The first kappa shape index (κ1) is 15.7. The number of hydrogen-bond acceptors (Lipinski definition) is 3. The Morgan fingerprint density at radius 3 is 2.74 bits per heavy atom. The normalized spacial score (nSPS) is 21.6. The van der Waals surface area contributed by atoms with Crippen molar-refractivity contribution in [1.29, 1.82) is 0 Å². The van der Waals surface area contributed by atoms with Gasteiger partial charge in [-0.05, 0) is 44.2 Å². The van der Waals surface area contributed by atoms with Gasteiger partial charge in [0.15, 0.2) is 17.4 Å². The number of likely N-dealkylation sites (N-methyl/N-ethyl adjacent to an activating group) is 1. The van der Waals surface area contributed by atoms with Crippen LogP contribution in [0.5, 0.6) is 0 Å². The van der Waals surface area contributed by atoms with Gasteiger partial charge in [0.05, 0.1) is 18.3 Å². The number of furan rings is 1. The Morgan fingerprint density at radius 2 is 2.09 bits per heavy atom. The van der Waals surface area contributed by atoms with Crippen molar-refractivity contribution in [2.45, 2.75) is 25.4 Å². The van der Waals surface area contributed by atoms with E-state index in [2.05, 4.69) is 5.32 Å². The minimum atomic E-state index is -0.880. The smallest absolute Gasteiger partial charge is 0.287 e. The molecule has 122 valence electrons. The number of nitrogens with zero attached hydrogens (tertiary/aromatic N) is 1. The fourth-order valence-corrected chi connectivity index (χ4v) is 3.12. The fourth-order valence-electron chi connectivity index (χ4n) is 3.12. The average Bonchev–Trinajstić information content (AvgIpc) is 3.08. The van der Waals surface area contributed by atoms with Crippen molar-refractivity contribution in [1.82, 2.24) is 10.2 Å². The molecule has 0 saturated carbocycles. The molecule has 0 spiro atoms. The third-order valence-corrected chi connectivity index (χ3v) is 4.32. The molecule has 1 aromatic carbocycles. The van der Waals surface area contributed by atoms with E-state index >= 15 is 0 Å². The molecule has 4 nitrogen and oxygen atoms in total. The predicted octanol–water partition coefficient (Wildman–Crippen LogP) is 3.04. The number of nitrogens with one attached hydrogen (secondary N) is 1. The van der Waals surface area contributed by atoms with E-state index in [9.17, 15) is 13.6 Å². The highest BCUT2D eigenvalue weighted by molar-refractivity contribution is 5.93. The number of benzene rings is 1. The number of carbonyl (C=O) groups is 1. The molecule has 0 unspecified atom stereocenters. The lowest BCUT2D eigenvalue weighted by atomic mass is 9.99. The Balaban J connectivity index is 1.82. The quantitative estimate of drug-likeness (QED) is 0.945. The summed E-state index contributed by atoms with van der Waals surface area (Å²) >= 11 is 0. The van der Waals surface area contributed by atoms with E-state index in [1.807, 2.05) is 11.9 Å². The number of halogens is 2. The van der Waals surface area contributed by atoms with Gasteiger partial charge in [-0.25, -0.2) is 8.78 Å². The van der Waals surface area contributed by atoms with Crippen LogP contribution in [0.2, 0.25) is 0 Å². The summed E-state index contributed by atoms with van der Waals surface area (Å²) in [6.45, 7) is 2.55. The van der Waals surface area contributed by atoms with Crippen LogP contribution in [-0.2, 0) is 0 Å². The number of hydrogen-bond donors (Lipinski definition) is 1. The summed E-state index contributed by atoms with van der Waals surface area (Å²) in [4.78, 5) is 14.4. The van der Waals surface area contributed by atoms with Gasteiger partial charge in [0.25, 0.3) is 5.91 Å². The highest BCUT2D eigenvalue weighted by Crippen LogP contribution is 2.32. The minimum absolute atomic E-state index is 0.193. The van der Waals surface area contributed by atoms with Gasteiger partial charge in [0.2, 0.25) is 0 Å². The lowest BCUT2D eigenvalue weighted by molar-refractivity contribution is 0.0898. The third-order valence-electron chi connectivity index (χ3n) is 4.32. The summed E-state index contributed by atoms with van der Waals surface area (Å²) in [7, 11) is 1.90. The van der Waals surface area contributed by atoms with Gasteiger partial charge in [-0.1, -0.05) is 6.07 Å². The van der Waals surface area contributed by atoms with Gasteiger partial charge < -0.3 is 9.73 Å². The molecule has 3 rings (SSSR count). The molecule has 2 heterocycles. The van der Waals surface area contributed by atoms with Crippen LogP contribution in [0.3, 0.4) is 0 Å². The van der Waals surface area contributed by atoms with Crippen LogP contribution in [0.4, 0.5) is 8.78 Å². The van der Waals surface area contributed by atoms with Crippen molar-refractivity contribution in [2.75, 3.05) is 13.6 Å². The van der Waals surface area contributed by atoms with Gasteiger partial charge in [-0.15, -0.1) is 0 Å². The molecule has 2 atom stereocenters. The molecular formula is C17H18F2N2O2. The van der Waals surface area contributed by atoms with E-state index in [-0.39, 0.29) is 23.8 Å². The van der Waals surface area contributed by atoms with Crippen molar-refractivity contribution in [3.05, 3.63) is 59.1 Å². The largest absolute Gasteiger partial charge is 0.459 e. The molecule has 1 aliphatic rings. The molecule has 0 bridgehead atoms. The topological polar surface area (TPSA) is 45.5 Å². The first-order valence-electron chi connectivity index (χ1n) is 7.47. The second kappa shape index (κ2) is 6.12. The van der Waals surface area contributed by atoms with E-state index in [1.165, 1.54) is 12.3 Å². The van der Waals surface area contributed by atoms with E-state index in [0.29, 0.717) is 5.56 Å². The molecule has 1 N–H and O–H groups in total. The Kier molecular flexibility index (Phi) is 4.17. The first-order chi connectivity index (χ1) is 11.0. The zero-order valence-corrected chi connectivity index (χ0v) is 13.0. The number of amides is 1. The Bertz CT molecular complexity index is 729. The lowest BCUT2D eigenvalue weighted by Crippen LogP contribution is -2.39. The van der Waals surface area contributed by atoms with Crippen molar-refractivity contribution < 1.29 is 18.0 Å². The fraction of sp³-hybridized carbons (Fsp3) is 0.353. The van der Waals surface area contributed by atoms with Crippen LogP contribution in [0, 0.1) is 18.6 Å². The Hall–Kier alpha value is -2.21. The van der Waals surface area contributed by atoms with E-state index in [4.69, 9.17) is 4.42 Å². The van der Waals surface area contributed by atoms with E-state index in [1.54, 1.807) is 19.1 Å². The molecule has 1 saturated heterocycles. The maximum Gasteiger partial charge on any atom is 0.287 e. The van der Waals surface area contributed by atoms with Crippen LogP contribution in [0.1, 0.15) is 34.1 Å². The summed E-state index contributed by atoms with van der Waals surface area (Å²) in [5, 5.41) is 2.94. The van der Waals surface area contributed by atoms with Crippen LogP contribution in [0.15, 0.2) is 34.9 Å². The highest BCUT2D eigenvalue weighted by Gasteiger charge is 2.35. The standard InChI is InChI=1S/C17H18F2N2O2/c1-10-6-8-23-16(10)17(22)20-14-5-7-21(2)15(14)11-3-4-12(18)13(19)9-11/h3-4,6,8-9,14-15H,5,7H2,1-2H3,(H,20,22)/t14-,15-/m0/s1. The van der Waals surface area contributed by atoms with Crippen molar-refractivity contribution in [3.63, 3.8) is 0 Å². The molecule has 0 radical (unpaired) electrons. The lowest BCUT2D eigenvalue weighted by Gasteiger charge is -2.26. The minimum Gasteiger partial charge on any atom is -0.459 e. The van der Waals surface area contributed by atoms with Crippen LogP contribution < -0.4 is 5.32 Å². The molecule has 1 aliphatic heterocycles. The number of likely N-dealkylation sites (tertiary alicyclic amines) is 1. The summed E-state index contributed by atoms with van der Waals surface area (Å²) in [6.07, 6.45) is 2.20. The number of rotatable bonds is 3.